The highest BCUT2D eigenvalue weighted by molar-refractivity contribution is 5.88. The van der Waals surface area contributed by atoms with Gasteiger partial charge in [-0.3, -0.25) is 9.59 Å². The number of methoxy groups -OCH3 is 1. The van der Waals surface area contributed by atoms with E-state index in [1.807, 2.05) is 84.9 Å². The fourth-order valence-corrected chi connectivity index (χ4v) is 3.56. The summed E-state index contributed by atoms with van der Waals surface area (Å²) in [7, 11) is 3.21. The summed E-state index contributed by atoms with van der Waals surface area (Å²) < 4.78 is 5.33. The van der Waals surface area contributed by atoms with Gasteiger partial charge in [0.05, 0.1) is 13.5 Å². The molecule has 31 heavy (non-hydrogen) atoms. The first kappa shape index (κ1) is 22.1. The highest BCUT2D eigenvalue weighted by Crippen LogP contribution is 2.19. The number of nitrogens with zero attached hydrogens (tertiary/aromatic N) is 1. The van der Waals surface area contributed by atoms with E-state index in [9.17, 15) is 9.59 Å². The molecule has 160 valence electrons. The molecule has 0 unspecified atom stereocenters. The van der Waals surface area contributed by atoms with E-state index in [1.165, 1.54) is 0 Å². The number of ether oxygens (including phenoxy) is 1. The molecule has 1 atom stereocenters. The number of likely N-dealkylation sites (N-methyl/N-ethyl adjacent to an activating group) is 1. The van der Waals surface area contributed by atoms with Crippen LogP contribution in [0, 0.1) is 0 Å². The molecule has 5 heteroatoms. The number of nitrogens with one attached hydrogen (secondary N) is 1. The molecule has 1 N–H and O–H groups in total. The molecule has 0 aliphatic carbocycles. The molecule has 0 bridgehead atoms. The number of carbonyl (C=O) groups is 2. The first-order valence-electron chi connectivity index (χ1n) is 10.3. The Morgan fingerprint density at radius 2 is 1.48 bits per heavy atom. The zero-order valence-corrected chi connectivity index (χ0v) is 18.0. The van der Waals surface area contributed by atoms with Crippen LogP contribution in [0.1, 0.15) is 16.7 Å². The number of carbonyl (C=O) groups excluding carboxylic acids is 2. The van der Waals surface area contributed by atoms with Gasteiger partial charge >= 0.3 is 0 Å². The van der Waals surface area contributed by atoms with Crippen LogP contribution in [0.3, 0.4) is 0 Å². The Labute approximate surface area is 183 Å². The Balaban J connectivity index is 1.94. The van der Waals surface area contributed by atoms with Crippen LogP contribution in [0.4, 0.5) is 0 Å². The fraction of sp³-hybridized carbons (Fsp3) is 0.231. The first-order valence-corrected chi connectivity index (χ1v) is 10.3. The smallest absolute Gasteiger partial charge is 0.242 e. The molecule has 3 rings (SSSR count). The summed E-state index contributed by atoms with van der Waals surface area (Å²) in [5, 5.41) is 2.74. The Morgan fingerprint density at radius 1 is 0.871 bits per heavy atom. The molecule has 0 heterocycles. The fourth-order valence-electron chi connectivity index (χ4n) is 3.56. The van der Waals surface area contributed by atoms with Crippen molar-refractivity contribution >= 4 is 11.8 Å². The molecule has 0 aliphatic heterocycles. The molecule has 0 radical (unpaired) electrons. The van der Waals surface area contributed by atoms with Crippen LogP contribution in [-0.2, 0) is 29.0 Å². The minimum absolute atomic E-state index is 0.0986. The standard InChI is InChI=1S/C26H28N2O3/c1-27-26(30)24(17-20-10-5-3-6-11-20)28(19-22-14-9-15-23(16-22)31-2)25(29)18-21-12-7-4-8-13-21/h3-16,24H,17-19H2,1-2H3,(H,27,30)/t24-/m1/s1. The molecular weight excluding hydrogens is 388 g/mol. The van der Waals surface area contributed by atoms with Gasteiger partial charge in [0.2, 0.25) is 11.8 Å². The third kappa shape index (κ3) is 6.19. The lowest BCUT2D eigenvalue weighted by atomic mass is 10.0. The summed E-state index contributed by atoms with van der Waals surface area (Å²) >= 11 is 0. The van der Waals surface area contributed by atoms with Gasteiger partial charge in [0.1, 0.15) is 11.8 Å². The van der Waals surface area contributed by atoms with E-state index in [0.29, 0.717) is 18.7 Å². The molecule has 0 fully saturated rings. The van der Waals surface area contributed by atoms with Gasteiger partial charge in [-0.2, -0.15) is 0 Å². The van der Waals surface area contributed by atoms with Crippen molar-refractivity contribution in [2.24, 2.45) is 0 Å². The number of hydrogen-bond acceptors (Lipinski definition) is 3. The van der Waals surface area contributed by atoms with Crippen molar-refractivity contribution in [2.45, 2.75) is 25.4 Å². The van der Waals surface area contributed by atoms with Gasteiger partial charge in [-0.25, -0.2) is 0 Å². The second kappa shape index (κ2) is 11.0. The molecule has 2 amide bonds. The van der Waals surface area contributed by atoms with Crippen molar-refractivity contribution in [3.63, 3.8) is 0 Å². The largest absolute Gasteiger partial charge is 0.497 e. The lowest BCUT2D eigenvalue weighted by Gasteiger charge is -2.31. The third-order valence-corrected chi connectivity index (χ3v) is 5.20. The Bertz CT molecular complexity index is 990. The molecule has 3 aromatic carbocycles. The normalized spacial score (nSPS) is 11.4. The zero-order valence-electron chi connectivity index (χ0n) is 18.0. The van der Waals surface area contributed by atoms with Crippen LogP contribution in [0.25, 0.3) is 0 Å². The van der Waals surface area contributed by atoms with Crippen molar-refractivity contribution in [3.8, 4) is 5.75 Å². The van der Waals surface area contributed by atoms with Crippen LogP contribution in [0.5, 0.6) is 5.75 Å². The van der Waals surface area contributed by atoms with Gasteiger partial charge in [0, 0.05) is 20.0 Å². The molecule has 0 aliphatic rings. The maximum absolute atomic E-state index is 13.4. The summed E-state index contributed by atoms with van der Waals surface area (Å²) in [5.74, 6) is 0.430. The van der Waals surface area contributed by atoms with E-state index in [1.54, 1.807) is 19.1 Å². The zero-order chi connectivity index (χ0) is 22.1. The van der Waals surface area contributed by atoms with E-state index in [2.05, 4.69) is 5.32 Å². The van der Waals surface area contributed by atoms with E-state index < -0.39 is 6.04 Å². The summed E-state index contributed by atoms with van der Waals surface area (Å²) in [4.78, 5) is 28.0. The van der Waals surface area contributed by atoms with Crippen LogP contribution >= 0.6 is 0 Å². The Kier molecular flexibility index (Phi) is 7.82. The Morgan fingerprint density at radius 3 is 2.10 bits per heavy atom. The second-order valence-electron chi connectivity index (χ2n) is 7.36. The highest BCUT2D eigenvalue weighted by atomic mass is 16.5. The number of amides is 2. The maximum Gasteiger partial charge on any atom is 0.242 e. The average molecular weight is 417 g/mol. The summed E-state index contributed by atoms with van der Waals surface area (Å²) in [6.45, 7) is 0.313. The van der Waals surface area contributed by atoms with Gasteiger partial charge in [-0.15, -0.1) is 0 Å². The molecule has 5 nitrogen and oxygen atoms in total. The predicted molar refractivity (Wildman–Crippen MR) is 122 cm³/mol. The summed E-state index contributed by atoms with van der Waals surface area (Å²) in [5.41, 5.74) is 2.82. The molecule has 0 aromatic heterocycles. The highest BCUT2D eigenvalue weighted by Gasteiger charge is 2.29. The lowest BCUT2D eigenvalue weighted by molar-refractivity contribution is -0.140. The number of hydrogen-bond donors (Lipinski definition) is 1. The quantitative estimate of drug-likeness (QED) is 0.580. The van der Waals surface area contributed by atoms with E-state index >= 15 is 0 Å². The van der Waals surface area contributed by atoms with Gasteiger partial charge in [0.15, 0.2) is 0 Å². The maximum atomic E-state index is 13.4. The van der Waals surface area contributed by atoms with Crippen molar-refractivity contribution in [1.29, 1.82) is 0 Å². The van der Waals surface area contributed by atoms with Crippen LogP contribution in [-0.4, -0.2) is 36.9 Å². The Hall–Kier alpha value is -3.60. The van der Waals surface area contributed by atoms with Gasteiger partial charge in [-0.05, 0) is 28.8 Å². The molecular formula is C26H28N2O3. The van der Waals surface area contributed by atoms with Gasteiger partial charge < -0.3 is 15.0 Å². The molecule has 0 saturated carbocycles. The molecule has 0 spiro atoms. The summed E-state index contributed by atoms with van der Waals surface area (Å²) in [6.07, 6.45) is 0.665. The van der Waals surface area contributed by atoms with Crippen LogP contribution < -0.4 is 10.1 Å². The topological polar surface area (TPSA) is 58.6 Å². The van der Waals surface area contributed by atoms with E-state index in [-0.39, 0.29) is 18.2 Å². The van der Waals surface area contributed by atoms with Gasteiger partial charge in [-0.1, -0.05) is 72.8 Å². The van der Waals surface area contributed by atoms with Crippen molar-refractivity contribution in [2.75, 3.05) is 14.2 Å². The van der Waals surface area contributed by atoms with Crippen LogP contribution in [0.2, 0.25) is 0 Å². The minimum Gasteiger partial charge on any atom is -0.497 e. The predicted octanol–water partition coefficient (Wildman–Crippen LogP) is 3.62. The summed E-state index contributed by atoms with van der Waals surface area (Å²) in [6, 6.07) is 26.3. The average Bonchev–Trinajstić information content (AvgIpc) is 2.82. The first-order chi connectivity index (χ1) is 15.1. The van der Waals surface area contributed by atoms with Crippen molar-refractivity contribution < 1.29 is 14.3 Å². The van der Waals surface area contributed by atoms with Crippen molar-refractivity contribution in [1.82, 2.24) is 10.2 Å². The van der Waals surface area contributed by atoms with Crippen molar-refractivity contribution in [3.05, 3.63) is 102 Å². The van der Waals surface area contributed by atoms with Crippen LogP contribution in [0.15, 0.2) is 84.9 Å². The minimum atomic E-state index is -0.630. The molecule has 0 saturated heterocycles. The second-order valence-corrected chi connectivity index (χ2v) is 7.36. The number of rotatable bonds is 9. The van der Waals surface area contributed by atoms with Gasteiger partial charge in [0.25, 0.3) is 0 Å². The monoisotopic (exact) mass is 416 g/mol. The molecule has 3 aromatic rings. The SMILES string of the molecule is CNC(=O)[C@@H](Cc1ccccc1)N(Cc1cccc(OC)c1)C(=O)Cc1ccccc1. The van der Waals surface area contributed by atoms with E-state index in [4.69, 9.17) is 4.74 Å². The third-order valence-electron chi connectivity index (χ3n) is 5.20. The lowest BCUT2D eigenvalue weighted by Crippen LogP contribution is -2.50. The number of benzene rings is 3. The van der Waals surface area contributed by atoms with E-state index in [0.717, 1.165) is 16.7 Å².